The Bertz CT molecular complexity index is 907. The third-order valence-electron chi connectivity index (χ3n) is 3.44. The van der Waals surface area contributed by atoms with Crippen LogP contribution in [0, 0.1) is 0 Å². The lowest BCUT2D eigenvalue weighted by atomic mass is 10.1. The zero-order valence-electron chi connectivity index (χ0n) is 13.3. The van der Waals surface area contributed by atoms with E-state index in [0.29, 0.717) is 22.8 Å². The molecule has 4 nitrogen and oxygen atoms in total. The van der Waals surface area contributed by atoms with E-state index in [1.54, 1.807) is 30.3 Å². The van der Waals surface area contributed by atoms with Crippen LogP contribution in [0.25, 0.3) is 11.3 Å². The van der Waals surface area contributed by atoms with E-state index in [1.807, 2.05) is 29.6 Å². The van der Waals surface area contributed by atoms with Crippen LogP contribution in [0.15, 0.2) is 66.6 Å². The number of aromatic nitrogens is 1. The highest BCUT2D eigenvalue weighted by atomic mass is 35.5. The molecule has 0 unspecified atom stereocenters. The lowest BCUT2D eigenvalue weighted by Crippen LogP contribution is -2.12. The summed E-state index contributed by atoms with van der Waals surface area (Å²) in [4.78, 5) is 16.9. The highest BCUT2D eigenvalue weighted by Gasteiger charge is 2.11. The van der Waals surface area contributed by atoms with Crippen molar-refractivity contribution >= 4 is 39.7 Å². The first-order chi connectivity index (χ1) is 12.2. The summed E-state index contributed by atoms with van der Waals surface area (Å²) in [5, 5.41) is 9.27. The SMILES string of the molecule is C=CCNc1nc(-c2cccc(NC(=O)c3ccccc3Cl)c2)cs1. The molecular weight excluding hydrogens is 354 g/mol. The number of halogens is 1. The number of rotatable bonds is 6. The van der Waals surface area contributed by atoms with Gasteiger partial charge in [0.2, 0.25) is 0 Å². The van der Waals surface area contributed by atoms with Crippen molar-refractivity contribution in [3.63, 3.8) is 0 Å². The molecule has 3 rings (SSSR count). The first-order valence-electron chi connectivity index (χ1n) is 7.64. The van der Waals surface area contributed by atoms with Crippen LogP contribution in [0.2, 0.25) is 5.02 Å². The first-order valence-corrected chi connectivity index (χ1v) is 8.90. The number of amides is 1. The molecule has 0 saturated heterocycles. The van der Waals surface area contributed by atoms with Crippen molar-refractivity contribution in [2.75, 3.05) is 17.2 Å². The minimum absolute atomic E-state index is 0.241. The summed E-state index contributed by atoms with van der Waals surface area (Å²) >= 11 is 7.60. The van der Waals surface area contributed by atoms with Gasteiger partial charge in [-0.15, -0.1) is 17.9 Å². The number of benzene rings is 2. The number of thiazole rings is 1. The molecule has 2 aromatic carbocycles. The van der Waals surface area contributed by atoms with Crippen LogP contribution in [-0.4, -0.2) is 17.4 Å². The van der Waals surface area contributed by atoms with E-state index in [1.165, 1.54) is 11.3 Å². The molecule has 0 aliphatic carbocycles. The van der Waals surface area contributed by atoms with E-state index >= 15 is 0 Å². The Morgan fingerprint density at radius 3 is 2.88 bits per heavy atom. The molecule has 126 valence electrons. The third kappa shape index (κ3) is 4.26. The van der Waals surface area contributed by atoms with E-state index in [2.05, 4.69) is 22.2 Å². The highest BCUT2D eigenvalue weighted by molar-refractivity contribution is 7.14. The Balaban J connectivity index is 1.77. The second-order valence-corrected chi connectivity index (χ2v) is 6.49. The molecule has 25 heavy (non-hydrogen) atoms. The fourth-order valence-corrected chi connectivity index (χ4v) is 3.20. The van der Waals surface area contributed by atoms with Gasteiger partial charge in [0, 0.05) is 23.2 Å². The second kappa shape index (κ2) is 7.96. The van der Waals surface area contributed by atoms with Gasteiger partial charge in [0.1, 0.15) is 0 Å². The van der Waals surface area contributed by atoms with Gasteiger partial charge in [-0.3, -0.25) is 4.79 Å². The average Bonchev–Trinajstić information content (AvgIpc) is 3.09. The van der Waals surface area contributed by atoms with Gasteiger partial charge in [-0.25, -0.2) is 4.98 Å². The number of carbonyl (C=O) groups is 1. The maximum atomic E-state index is 12.4. The molecule has 1 aromatic heterocycles. The van der Waals surface area contributed by atoms with Gasteiger partial charge in [-0.1, -0.05) is 41.9 Å². The number of nitrogens with zero attached hydrogens (tertiary/aromatic N) is 1. The molecule has 3 aromatic rings. The molecule has 1 amide bonds. The Labute approximate surface area is 155 Å². The van der Waals surface area contributed by atoms with E-state index in [4.69, 9.17) is 11.6 Å². The lowest BCUT2D eigenvalue weighted by Gasteiger charge is -2.08. The van der Waals surface area contributed by atoms with Crippen molar-refractivity contribution < 1.29 is 4.79 Å². The number of carbonyl (C=O) groups excluding carboxylic acids is 1. The maximum absolute atomic E-state index is 12.4. The summed E-state index contributed by atoms with van der Waals surface area (Å²) in [5.74, 6) is -0.241. The summed E-state index contributed by atoms with van der Waals surface area (Å²) in [7, 11) is 0. The Kier molecular flexibility index (Phi) is 5.48. The van der Waals surface area contributed by atoms with E-state index in [0.717, 1.165) is 16.4 Å². The monoisotopic (exact) mass is 369 g/mol. The zero-order valence-corrected chi connectivity index (χ0v) is 14.9. The van der Waals surface area contributed by atoms with Crippen molar-refractivity contribution in [3.05, 3.63) is 77.2 Å². The second-order valence-electron chi connectivity index (χ2n) is 5.22. The van der Waals surface area contributed by atoms with Crippen LogP contribution in [-0.2, 0) is 0 Å². The molecule has 2 N–H and O–H groups in total. The van der Waals surface area contributed by atoms with Gasteiger partial charge < -0.3 is 10.6 Å². The van der Waals surface area contributed by atoms with Crippen molar-refractivity contribution in [2.45, 2.75) is 0 Å². The van der Waals surface area contributed by atoms with E-state index in [-0.39, 0.29) is 5.91 Å². The van der Waals surface area contributed by atoms with Crippen LogP contribution in [0.4, 0.5) is 10.8 Å². The van der Waals surface area contributed by atoms with Gasteiger partial charge in [-0.2, -0.15) is 0 Å². The van der Waals surface area contributed by atoms with E-state index in [9.17, 15) is 4.79 Å². The summed E-state index contributed by atoms with van der Waals surface area (Å²) < 4.78 is 0. The molecule has 0 radical (unpaired) electrons. The van der Waals surface area contributed by atoms with Crippen molar-refractivity contribution in [2.24, 2.45) is 0 Å². The topological polar surface area (TPSA) is 54.0 Å². The standard InChI is InChI=1S/C19H16ClN3OS/c1-2-10-21-19-23-17(12-25-19)13-6-5-7-14(11-13)22-18(24)15-8-3-4-9-16(15)20/h2-9,11-12H,1,10H2,(H,21,23)(H,22,24). The number of nitrogens with one attached hydrogen (secondary N) is 2. The number of hydrogen-bond donors (Lipinski definition) is 2. The van der Waals surface area contributed by atoms with Crippen molar-refractivity contribution in [1.82, 2.24) is 4.98 Å². The maximum Gasteiger partial charge on any atom is 0.257 e. The van der Waals surface area contributed by atoms with Crippen LogP contribution in [0.1, 0.15) is 10.4 Å². The van der Waals surface area contributed by atoms with Gasteiger partial charge in [-0.05, 0) is 24.3 Å². The van der Waals surface area contributed by atoms with Gasteiger partial charge in [0.15, 0.2) is 5.13 Å². The zero-order chi connectivity index (χ0) is 17.6. The first kappa shape index (κ1) is 17.2. The van der Waals surface area contributed by atoms with Crippen LogP contribution >= 0.6 is 22.9 Å². The minimum atomic E-state index is -0.241. The summed E-state index contributed by atoms with van der Waals surface area (Å²) in [6.45, 7) is 4.34. The van der Waals surface area contributed by atoms with Crippen molar-refractivity contribution in [3.8, 4) is 11.3 Å². The van der Waals surface area contributed by atoms with Gasteiger partial charge >= 0.3 is 0 Å². The largest absolute Gasteiger partial charge is 0.358 e. The van der Waals surface area contributed by atoms with Crippen LogP contribution < -0.4 is 10.6 Å². The number of anilines is 2. The minimum Gasteiger partial charge on any atom is -0.358 e. The molecular formula is C19H16ClN3OS. The molecule has 0 saturated carbocycles. The molecule has 0 spiro atoms. The predicted octanol–water partition coefficient (Wildman–Crippen LogP) is 5.31. The quantitative estimate of drug-likeness (QED) is 0.578. The normalized spacial score (nSPS) is 10.3. The smallest absolute Gasteiger partial charge is 0.257 e. The average molecular weight is 370 g/mol. The number of hydrogen-bond acceptors (Lipinski definition) is 4. The Hall–Kier alpha value is -2.63. The predicted molar refractivity (Wildman–Crippen MR) is 106 cm³/mol. The molecule has 0 fully saturated rings. The summed E-state index contributed by atoms with van der Waals surface area (Å²) in [5.41, 5.74) is 2.92. The molecule has 0 aliphatic heterocycles. The molecule has 6 heteroatoms. The molecule has 0 bridgehead atoms. The van der Waals surface area contributed by atoms with Gasteiger partial charge in [0.05, 0.1) is 16.3 Å². The van der Waals surface area contributed by atoms with Gasteiger partial charge in [0.25, 0.3) is 5.91 Å². The summed E-state index contributed by atoms with van der Waals surface area (Å²) in [6.07, 6.45) is 1.78. The fraction of sp³-hybridized carbons (Fsp3) is 0.0526. The highest BCUT2D eigenvalue weighted by Crippen LogP contribution is 2.27. The molecule has 1 heterocycles. The van der Waals surface area contributed by atoms with E-state index < -0.39 is 0 Å². The van der Waals surface area contributed by atoms with Crippen LogP contribution in [0.3, 0.4) is 0 Å². The summed E-state index contributed by atoms with van der Waals surface area (Å²) in [6, 6.07) is 14.5. The molecule has 0 aliphatic rings. The van der Waals surface area contributed by atoms with Crippen LogP contribution in [0.5, 0.6) is 0 Å². The lowest BCUT2D eigenvalue weighted by molar-refractivity contribution is 0.102. The Morgan fingerprint density at radius 1 is 1.24 bits per heavy atom. The van der Waals surface area contributed by atoms with Crippen molar-refractivity contribution in [1.29, 1.82) is 0 Å². The molecule has 0 atom stereocenters. The fourth-order valence-electron chi connectivity index (χ4n) is 2.25. The third-order valence-corrected chi connectivity index (χ3v) is 4.57. The Morgan fingerprint density at radius 2 is 2.08 bits per heavy atom.